The number of alkyl halides is 2. The van der Waals surface area contributed by atoms with Crippen LogP contribution in [0.1, 0.15) is 37.9 Å². The summed E-state index contributed by atoms with van der Waals surface area (Å²) >= 11 is 1.29. The van der Waals surface area contributed by atoms with Crippen LogP contribution in [0.15, 0.2) is 35.5 Å². The van der Waals surface area contributed by atoms with E-state index >= 15 is 0 Å². The van der Waals surface area contributed by atoms with Gasteiger partial charge in [-0.05, 0) is 37.7 Å². The number of thioether (sulfide) groups is 1. The topological polar surface area (TPSA) is 73.1 Å². The number of ether oxygens (including phenoxy) is 1. The molecular weight excluding hydrogens is 386 g/mol. The molecule has 0 unspecified atom stereocenters. The first-order valence-corrected chi connectivity index (χ1v) is 10.3. The predicted octanol–water partition coefficient (Wildman–Crippen LogP) is 4.16. The van der Waals surface area contributed by atoms with E-state index in [1.54, 1.807) is 30.5 Å². The van der Waals surface area contributed by atoms with E-state index in [0.29, 0.717) is 22.6 Å². The van der Waals surface area contributed by atoms with Gasteiger partial charge >= 0.3 is 0 Å². The molecule has 6 nitrogen and oxygen atoms in total. The summed E-state index contributed by atoms with van der Waals surface area (Å²) in [7, 11) is 0. The first kappa shape index (κ1) is 19.1. The maximum absolute atomic E-state index is 13.7. The second kappa shape index (κ2) is 8.00. The highest BCUT2D eigenvalue weighted by Crippen LogP contribution is 2.30. The number of imidazole rings is 1. The molecule has 0 amide bonds. The van der Waals surface area contributed by atoms with Gasteiger partial charge in [0.15, 0.2) is 11.0 Å². The third-order valence-electron chi connectivity index (χ3n) is 4.80. The highest BCUT2D eigenvalue weighted by atomic mass is 32.2. The molecule has 2 heterocycles. The lowest BCUT2D eigenvalue weighted by Gasteiger charge is -2.27. The molecule has 28 heavy (non-hydrogen) atoms. The van der Waals surface area contributed by atoms with Gasteiger partial charge in [-0.3, -0.25) is 4.57 Å². The summed E-state index contributed by atoms with van der Waals surface area (Å²) in [5.74, 6) is 0.151. The molecule has 9 heteroatoms. The molecule has 0 radical (unpaired) electrons. The molecular formula is C19H20F2N4O2S. The molecule has 4 rings (SSSR count). The molecule has 1 fully saturated rings. The fraction of sp³-hybridized carbons (Fsp3) is 0.421. The molecule has 1 aliphatic rings. The Morgan fingerprint density at radius 2 is 1.96 bits per heavy atom. The van der Waals surface area contributed by atoms with Crippen LogP contribution in [0.25, 0.3) is 16.9 Å². The van der Waals surface area contributed by atoms with E-state index in [1.807, 2.05) is 0 Å². The zero-order chi connectivity index (χ0) is 19.7. The number of aromatic nitrogens is 4. The van der Waals surface area contributed by atoms with Gasteiger partial charge < -0.3 is 9.84 Å². The maximum Gasteiger partial charge on any atom is 0.296 e. The van der Waals surface area contributed by atoms with Gasteiger partial charge in [0.05, 0.1) is 17.1 Å². The van der Waals surface area contributed by atoms with E-state index in [2.05, 4.69) is 15.0 Å². The number of hydrogen-bond donors (Lipinski definition) is 1. The Morgan fingerprint density at radius 3 is 2.71 bits per heavy atom. The van der Waals surface area contributed by atoms with Crippen LogP contribution in [0, 0.1) is 0 Å². The molecule has 2 aromatic heterocycles. The molecule has 1 aromatic carbocycles. The van der Waals surface area contributed by atoms with Crippen LogP contribution in [-0.2, 0) is 0 Å². The Bertz CT molecular complexity index is 982. The molecule has 0 bridgehead atoms. The summed E-state index contributed by atoms with van der Waals surface area (Å²) in [6, 6.07) is 8.45. The third kappa shape index (κ3) is 3.68. The Labute approximate surface area is 165 Å². The van der Waals surface area contributed by atoms with Crippen molar-refractivity contribution in [1.29, 1.82) is 0 Å². The van der Waals surface area contributed by atoms with Gasteiger partial charge in [-0.1, -0.05) is 30.3 Å². The lowest BCUT2D eigenvalue weighted by molar-refractivity contribution is 0.00409. The van der Waals surface area contributed by atoms with Crippen molar-refractivity contribution in [2.75, 3.05) is 6.26 Å². The highest BCUT2D eigenvalue weighted by molar-refractivity contribution is 7.98. The van der Waals surface area contributed by atoms with E-state index in [1.165, 1.54) is 22.4 Å². The Balaban J connectivity index is 1.80. The summed E-state index contributed by atoms with van der Waals surface area (Å²) in [6.07, 6.45) is 1.46. The fourth-order valence-electron chi connectivity index (χ4n) is 3.46. The molecule has 2 atom stereocenters. The second-order valence-corrected chi connectivity index (χ2v) is 7.43. The number of para-hydroxylation sites is 2. The molecule has 1 aliphatic carbocycles. The summed E-state index contributed by atoms with van der Waals surface area (Å²) in [4.78, 5) is 12.8. The van der Waals surface area contributed by atoms with Gasteiger partial charge in [-0.15, -0.1) is 0 Å². The molecule has 0 aliphatic heterocycles. The minimum Gasteiger partial charge on any atom is -0.471 e. The van der Waals surface area contributed by atoms with Crippen molar-refractivity contribution in [3.63, 3.8) is 0 Å². The van der Waals surface area contributed by atoms with Gasteiger partial charge in [0.25, 0.3) is 6.43 Å². The lowest BCUT2D eigenvalue weighted by atomic mass is 9.95. The smallest absolute Gasteiger partial charge is 0.296 e. The van der Waals surface area contributed by atoms with Crippen molar-refractivity contribution in [1.82, 2.24) is 19.5 Å². The number of benzene rings is 1. The summed E-state index contributed by atoms with van der Waals surface area (Å²) in [6.45, 7) is 0. The van der Waals surface area contributed by atoms with Crippen molar-refractivity contribution < 1.29 is 18.6 Å². The van der Waals surface area contributed by atoms with Crippen molar-refractivity contribution >= 4 is 22.8 Å². The van der Waals surface area contributed by atoms with Crippen LogP contribution in [0.5, 0.6) is 5.88 Å². The number of fused-ring (bicyclic) bond motifs is 1. The minimum absolute atomic E-state index is 0.262. The second-order valence-electron chi connectivity index (χ2n) is 6.65. The van der Waals surface area contributed by atoms with E-state index < -0.39 is 12.5 Å². The van der Waals surface area contributed by atoms with Crippen LogP contribution in [0.4, 0.5) is 8.78 Å². The summed E-state index contributed by atoms with van der Waals surface area (Å²) in [5.41, 5.74) is 1.000. The number of halogens is 2. The minimum atomic E-state index is -2.76. The SMILES string of the molecule is CSc1nc(O[C@H]2CCCC[C@H]2O)cc(-n2c(C(F)F)nc3ccccc32)n1. The van der Waals surface area contributed by atoms with Crippen LogP contribution >= 0.6 is 11.8 Å². The van der Waals surface area contributed by atoms with Crippen molar-refractivity contribution in [3.8, 4) is 11.7 Å². The number of aliphatic hydroxyl groups excluding tert-OH is 1. The van der Waals surface area contributed by atoms with E-state index in [9.17, 15) is 13.9 Å². The summed E-state index contributed by atoms with van der Waals surface area (Å²) < 4.78 is 34.6. The van der Waals surface area contributed by atoms with Crippen LogP contribution in [0.2, 0.25) is 0 Å². The number of nitrogens with zero attached hydrogens (tertiary/aromatic N) is 4. The first-order valence-electron chi connectivity index (χ1n) is 9.10. The zero-order valence-corrected chi connectivity index (χ0v) is 16.1. The van der Waals surface area contributed by atoms with E-state index in [0.717, 1.165) is 19.3 Å². The third-order valence-corrected chi connectivity index (χ3v) is 5.35. The Morgan fingerprint density at radius 1 is 1.18 bits per heavy atom. The summed E-state index contributed by atoms with van der Waals surface area (Å²) in [5, 5.41) is 10.6. The molecule has 1 saturated carbocycles. The lowest BCUT2D eigenvalue weighted by Crippen LogP contribution is -2.34. The van der Waals surface area contributed by atoms with Gasteiger partial charge in [0, 0.05) is 6.07 Å². The molecule has 0 saturated heterocycles. The fourth-order valence-corrected chi connectivity index (χ4v) is 3.83. The molecule has 1 N–H and O–H groups in total. The average molecular weight is 406 g/mol. The quantitative estimate of drug-likeness (QED) is 0.507. The average Bonchev–Trinajstić information content (AvgIpc) is 3.09. The zero-order valence-electron chi connectivity index (χ0n) is 15.3. The number of rotatable bonds is 5. The Hall–Kier alpha value is -2.26. The number of aliphatic hydroxyl groups is 1. The van der Waals surface area contributed by atoms with Crippen molar-refractivity contribution in [2.45, 2.75) is 49.5 Å². The van der Waals surface area contributed by atoms with Gasteiger partial charge in [-0.25, -0.2) is 18.7 Å². The van der Waals surface area contributed by atoms with E-state index in [4.69, 9.17) is 4.74 Å². The molecule has 0 spiro atoms. The Kier molecular flexibility index (Phi) is 5.45. The van der Waals surface area contributed by atoms with E-state index in [-0.39, 0.29) is 23.6 Å². The largest absolute Gasteiger partial charge is 0.471 e. The first-order chi connectivity index (χ1) is 13.6. The van der Waals surface area contributed by atoms with Gasteiger partial charge in [0.1, 0.15) is 11.9 Å². The predicted molar refractivity (Wildman–Crippen MR) is 102 cm³/mol. The van der Waals surface area contributed by atoms with Crippen LogP contribution < -0.4 is 4.74 Å². The van der Waals surface area contributed by atoms with Gasteiger partial charge in [-0.2, -0.15) is 4.98 Å². The monoisotopic (exact) mass is 406 g/mol. The number of hydrogen-bond acceptors (Lipinski definition) is 6. The maximum atomic E-state index is 13.7. The normalized spacial score (nSPS) is 20.0. The van der Waals surface area contributed by atoms with Crippen LogP contribution in [-0.4, -0.2) is 43.1 Å². The van der Waals surface area contributed by atoms with Crippen molar-refractivity contribution in [3.05, 3.63) is 36.2 Å². The standard InChI is InChI=1S/C19H20F2N4O2S/c1-28-19-23-15(10-16(24-19)27-14-9-5-4-8-13(14)26)25-12-7-3-2-6-11(12)22-18(25)17(20)21/h2-3,6-7,10,13-14,17,26H,4-5,8-9H2,1H3/t13-,14+/m1/s1. The molecule has 148 valence electrons. The van der Waals surface area contributed by atoms with Gasteiger partial charge in [0.2, 0.25) is 5.88 Å². The molecule has 3 aromatic rings. The van der Waals surface area contributed by atoms with Crippen molar-refractivity contribution in [2.24, 2.45) is 0 Å². The van der Waals surface area contributed by atoms with Crippen LogP contribution in [0.3, 0.4) is 0 Å². The highest BCUT2D eigenvalue weighted by Gasteiger charge is 2.26.